The van der Waals surface area contributed by atoms with Crippen LogP contribution in [0.25, 0.3) is 0 Å². The Hall–Kier alpha value is -2.38. The predicted molar refractivity (Wildman–Crippen MR) is 127 cm³/mol. The number of likely N-dealkylation sites (tertiary alicyclic amines) is 2. The van der Waals surface area contributed by atoms with Crippen molar-refractivity contribution in [1.82, 2.24) is 14.8 Å². The monoisotopic (exact) mass is 471 g/mol. The van der Waals surface area contributed by atoms with Gasteiger partial charge in [0.15, 0.2) is 0 Å². The molecular weight excluding hydrogens is 436 g/mol. The summed E-state index contributed by atoms with van der Waals surface area (Å²) >= 11 is 0. The molecule has 1 N–H and O–H groups in total. The molecule has 2 unspecified atom stereocenters. The zero-order chi connectivity index (χ0) is 24.8. The van der Waals surface area contributed by atoms with E-state index in [2.05, 4.69) is 30.7 Å². The molecule has 0 spiro atoms. The Labute approximate surface area is 200 Å². The van der Waals surface area contributed by atoms with Crippen molar-refractivity contribution in [2.24, 2.45) is 17.8 Å². The topological polar surface area (TPSA) is 56.7 Å². The number of piperidine rings is 1. The molecule has 2 fully saturated rings. The van der Waals surface area contributed by atoms with Gasteiger partial charge in [0, 0.05) is 61.7 Å². The minimum Gasteiger partial charge on any atom is -0.383 e. The molecule has 2 aromatic rings. The fraction of sp³-hybridized carbons (Fsp3) is 0.556. The van der Waals surface area contributed by atoms with E-state index in [0.717, 1.165) is 6.07 Å². The van der Waals surface area contributed by atoms with Gasteiger partial charge in [-0.3, -0.25) is 14.7 Å². The van der Waals surface area contributed by atoms with Gasteiger partial charge in [-0.05, 0) is 44.5 Å². The fourth-order valence-corrected chi connectivity index (χ4v) is 5.74. The van der Waals surface area contributed by atoms with Crippen LogP contribution in [0.2, 0.25) is 0 Å². The highest BCUT2D eigenvalue weighted by molar-refractivity contribution is 5.81. The van der Waals surface area contributed by atoms with Crippen LogP contribution < -0.4 is 0 Å². The molecule has 2 aliphatic rings. The van der Waals surface area contributed by atoms with Gasteiger partial charge in [0.2, 0.25) is 5.91 Å². The Morgan fingerprint density at radius 1 is 1.06 bits per heavy atom. The first-order valence-electron chi connectivity index (χ1n) is 12.1. The van der Waals surface area contributed by atoms with Crippen molar-refractivity contribution < 1.29 is 18.7 Å². The smallest absolute Gasteiger partial charge is 0.227 e. The number of aromatic nitrogens is 1. The van der Waals surface area contributed by atoms with Crippen LogP contribution in [0.5, 0.6) is 0 Å². The summed E-state index contributed by atoms with van der Waals surface area (Å²) in [7, 11) is 0. The van der Waals surface area contributed by atoms with Crippen LogP contribution in [0.4, 0.5) is 8.78 Å². The number of pyridine rings is 1. The summed E-state index contributed by atoms with van der Waals surface area (Å²) in [5.74, 6) is -2.53. The van der Waals surface area contributed by atoms with Gasteiger partial charge in [0.1, 0.15) is 17.2 Å². The van der Waals surface area contributed by atoms with E-state index >= 15 is 0 Å². The van der Waals surface area contributed by atoms with Crippen molar-refractivity contribution in [3.8, 4) is 0 Å². The Morgan fingerprint density at radius 3 is 2.29 bits per heavy atom. The second-order valence-electron chi connectivity index (χ2n) is 11.0. The van der Waals surface area contributed by atoms with Gasteiger partial charge in [0.05, 0.1) is 11.6 Å². The van der Waals surface area contributed by atoms with E-state index < -0.39 is 23.2 Å². The van der Waals surface area contributed by atoms with Crippen LogP contribution in [0.3, 0.4) is 0 Å². The first-order valence-corrected chi connectivity index (χ1v) is 12.1. The maximum atomic E-state index is 14.8. The molecule has 2 aliphatic heterocycles. The molecule has 34 heavy (non-hydrogen) atoms. The highest BCUT2D eigenvalue weighted by atomic mass is 19.1. The van der Waals surface area contributed by atoms with Crippen molar-refractivity contribution in [2.75, 3.05) is 26.2 Å². The van der Waals surface area contributed by atoms with Gasteiger partial charge >= 0.3 is 0 Å². The molecule has 1 amide bonds. The summed E-state index contributed by atoms with van der Waals surface area (Å²) in [6.45, 7) is 11.9. The molecule has 0 radical (unpaired) electrons. The average molecular weight is 472 g/mol. The number of nitrogens with zero attached hydrogens (tertiary/aromatic N) is 3. The number of halogens is 2. The molecule has 3 heterocycles. The Balaban J connectivity index is 1.61. The Kier molecular flexibility index (Phi) is 6.55. The summed E-state index contributed by atoms with van der Waals surface area (Å²) < 4.78 is 28.4. The van der Waals surface area contributed by atoms with Crippen LogP contribution in [0.15, 0.2) is 42.6 Å². The summed E-state index contributed by atoms with van der Waals surface area (Å²) in [6, 6.07) is 9.14. The molecule has 7 heteroatoms. The third-order valence-corrected chi connectivity index (χ3v) is 7.83. The van der Waals surface area contributed by atoms with E-state index in [1.54, 1.807) is 6.20 Å². The molecule has 4 rings (SSSR count). The van der Waals surface area contributed by atoms with Crippen molar-refractivity contribution in [3.63, 3.8) is 0 Å². The minimum atomic E-state index is -1.13. The van der Waals surface area contributed by atoms with E-state index in [1.165, 1.54) is 12.1 Å². The summed E-state index contributed by atoms with van der Waals surface area (Å²) in [5, 5.41) is 11.6. The Morgan fingerprint density at radius 2 is 1.74 bits per heavy atom. The molecule has 1 aromatic heterocycles. The second-order valence-corrected chi connectivity index (χ2v) is 11.0. The number of amides is 1. The van der Waals surface area contributed by atoms with Crippen LogP contribution in [0, 0.1) is 29.4 Å². The summed E-state index contributed by atoms with van der Waals surface area (Å²) in [5.41, 5.74) is -0.318. The summed E-state index contributed by atoms with van der Waals surface area (Å²) in [4.78, 5) is 22.3. The number of aliphatic hydroxyl groups is 1. The number of rotatable bonds is 3. The number of carbonyl (C=O) groups excluding carboxylic acids is 1. The SMILES string of the molecule is CC1CN(C(=O)[C@@H]2CN(C(C)(C)C)C[C@H]2c2ccc(F)cc2F)CC(C)C1(O)c1ccccn1. The van der Waals surface area contributed by atoms with Crippen molar-refractivity contribution in [2.45, 2.75) is 51.7 Å². The van der Waals surface area contributed by atoms with E-state index in [0.29, 0.717) is 37.4 Å². The zero-order valence-corrected chi connectivity index (χ0v) is 20.6. The van der Waals surface area contributed by atoms with Gasteiger partial charge in [0.25, 0.3) is 0 Å². The van der Waals surface area contributed by atoms with E-state index in [9.17, 15) is 18.7 Å². The lowest BCUT2D eigenvalue weighted by molar-refractivity contribution is -0.153. The van der Waals surface area contributed by atoms with Crippen LogP contribution >= 0.6 is 0 Å². The number of benzene rings is 1. The molecule has 0 bridgehead atoms. The zero-order valence-electron chi connectivity index (χ0n) is 20.6. The maximum absolute atomic E-state index is 14.8. The Bertz CT molecular complexity index is 1030. The molecule has 1 aromatic carbocycles. The normalized spacial score (nSPS) is 30.5. The standard InChI is InChI=1S/C27H35F2N3O2/c1-17-13-31(14-18(2)27(17,34)24-8-6-7-11-30-24)25(33)22-16-32(26(3,4)5)15-21(22)20-10-9-19(28)12-23(20)29/h6-12,17-18,21-22,34H,13-16H2,1-5H3/t17?,18?,21-,22+,27?/m0/s1. The van der Waals surface area contributed by atoms with Crippen LogP contribution in [-0.4, -0.2) is 57.5 Å². The van der Waals surface area contributed by atoms with Crippen LogP contribution in [0.1, 0.15) is 51.8 Å². The molecule has 4 atom stereocenters. The van der Waals surface area contributed by atoms with Crippen LogP contribution in [-0.2, 0) is 10.4 Å². The largest absolute Gasteiger partial charge is 0.383 e. The fourth-order valence-electron chi connectivity index (χ4n) is 5.74. The molecule has 5 nitrogen and oxygen atoms in total. The maximum Gasteiger partial charge on any atom is 0.227 e. The summed E-state index contributed by atoms with van der Waals surface area (Å²) in [6.07, 6.45) is 1.67. The lowest BCUT2D eigenvalue weighted by Gasteiger charge is -2.48. The molecule has 0 aliphatic carbocycles. The van der Waals surface area contributed by atoms with E-state index in [4.69, 9.17) is 0 Å². The second kappa shape index (κ2) is 9.00. The van der Waals surface area contributed by atoms with Gasteiger partial charge in [-0.15, -0.1) is 0 Å². The third-order valence-electron chi connectivity index (χ3n) is 7.83. The number of carbonyl (C=O) groups is 1. The van der Waals surface area contributed by atoms with Crippen molar-refractivity contribution in [3.05, 3.63) is 65.5 Å². The quantitative estimate of drug-likeness (QED) is 0.730. The number of hydrogen-bond acceptors (Lipinski definition) is 4. The first-order chi connectivity index (χ1) is 15.9. The van der Waals surface area contributed by atoms with Gasteiger partial charge in [-0.1, -0.05) is 26.0 Å². The lowest BCUT2D eigenvalue weighted by Crippen LogP contribution is -2.57. The van der Waals surface area contributed by atoms with E-state index in [-0.39, 0.29) is 29.2 Å². The highest BCUT2D eigenvalue weighted by Gasteiger charge is 2.50. The van der Waals surface area contributed by atoms with Gasteiger partial charge in [-0.25, -0.2) is 8.78 Å². The number of hydrogen-bond donors (Lipinski definition) is 1. The first kappa shape index (κ1) is 24.7. The van der Waals surface area contributed by atoms with Gasteiger partial charge in [-0.2, -0.15) is 0 Å². The third kappa shape index (κ3) is 4.36. The molecule has 2 saturated heterocycles. The molecular formula is C27H35F2N3O2. The molecule has 0 saturated carbocycles. The predicted octanol–water partition coefficient (Wildman–Crippen LogP) is 4.18. The lowest BCUT2D eigenvalue weighted by atomic mass is 9.72. The van der Waals surface area contributed by atoms with E-state index in [1.807, 2.05) is 36.9 Å². The minimum absolute atomic E-state index is 0.0396. The van der Waals surface area contributed by atoms with Crippen molar-refractivity contribution >= 4 is 5.91 Å². The molecule has 184 valence electrons. The van der Waals surface area contributed by atoms with Gasteiger partial charge < -0.3 is 10.0 Å². The highest BCUT2D eigenvalue weighted by Crippen LogP contribution is 2.43. The van der Waals surface area contributed by atoms with Crippen molar-refractivity contribution in [1.29, 1.82) is 0 Å². The average Bonchev–Trinajstić information content (AvgIpc) is 3.23.